The van der Waals surface area contributed by atoms with Crippen molar-refractivity contribution in [1.29, 1.82) is 0 Å². The van der Waals surface area contributed by atoms with E-state index in [-0.39, 0.29) is 13.2 Å². The van der Waals surface area contributed by atoms with E-state index in [2.05, 4.69) is 12.2 Å². The van der Waals surface area contributed by atoms with Gasteiger partial charge in [0.25, 0.3) is 5.91 Å². The molecule has 5 nitrogen and oxygen atoms in total. The maximum atomic E-state index is 14.9. The Morgan fingerprint density at radius 2 is 1.80 bits per heavy atom. The number of carbonyl (C=O) groups is 1. The van der Waals surface area contributed by atoms with E-state index >= 15 is 0 Å². The fraction of sp³-hybridized carbons (Fsp3) is 0.345. The smallest absolute Gasteiger partial charge is 0.258 e. The van der Waals surface area contributed by atoms with Crippen molar-refractivity contribution in [3.8, 4) is 16.9 Å². The van der Waals surface area contributed by atoms with Crippen LogP contribution in [0, 0.1) is 5.82 Å². The van der Waals surface area contributed by atoms with Crippen LogP contribution in [0.5, 0.6) is 5.75 Å². The average Bonchev–Trinajstić information content (AvgIpc) is 3.37. The predicted octanol–water partition coefficient (Wildman–Crippen LogP) is 5.99. The average molecular weight is 478 g/mol. The lowest BCUT2D eigenvalue weighted by molar-refractivity contribution is 0.0993. The molecule has 3 aromatic rings. The third kappa shape index (κ3) is 5.82. The molecule has 0 spiro atoms. The molecule has 1 aliphatic rings. The molecular formula is C29H36FN3O2. The normalized spacial score (nSPS) is 15.3. The number of nitrogens with one attached hydrogen (secondary N) is 1. The first-order valence-electron chi connectivity index (χ1n) is 12.3. The first kappa shape index (κ1) is 24.7. The van der Waals surface area contributed by atoms with E-state index in [1.807, 2.05) is 66.5 Å². The number of amides is 1. The molecule has 0 bridgehead atoms. The summed E-state index contributed by atoms with van der Waals surface area (Å²) in [6.07, 6.45) is 3.13. The van der Waals surface area contributed by atoms with Gasteiger partial charge in [0.2, 0.25) is 0 Å². The summed E-state index contributed by atoms with van der Waals surface area (Å²) in [5.41, 5.74) is 3.74. The van der Waals surface area contributed by atoms with Crippen molar-refractivity contribution in [2.24, 2.45) is 0 Å². The molecule has 0 radical (unpaired) electrons. The lowest BCUT2D eigenvalue weighted by Gasteiger charge is -2.22. The van der Waals surface area contributed by atoms with E-state index in [1.165, 1.54) is 11.0 Å². The number of nitrogens with zero attached hydrogens (tertiary/aromatic N) is 2. The number of benzene rings is 3. The first-order valence-corrected chi connectivity index (χ1v) is 12.3. The van der Waals surface area contributed by atoms with Crippen molar-refractivity contribution >= 4 is 17.3 Å². The summed E-state index contributed by atoms with van der Waals surface area (Å²) in [6.45, 7) is 4.46. The third-order valence-corrected chi connectivity index (χ3v) is 6.65. The number of anilines is 2. The van der Waals surface area contributed by atoms with Crippen molar-refractivity contribution in [1.82, 2.24) is 5.32 Å². The second-order valence-corrected chi connectivity index (χ2v) is 9.02. The highest BCUT2D eigenvalue weighted by atomic mass is 19.1. The molecule has 3 aromatic carbocycles. The molecule has 1 N–H and O–H groups in total. The summed E-state index contributed by atoms with van der Waals surface area (Å²) in [5, 5.41) is 3.25. The maximum Gasteiger partial charge on any atom is 0.258 e. The van der Waals surface area contributed by atoms with Crippen molar-refractivity contribution in [2.75, 3.05) is 43.6 Å². The van der Waals surface area contributed by atoms with Crippen LogP contribution in [0.25, 0.3) is 11.1 Å². The van der Waals surface area contributed by atoms with Gasteiger partial charge in [-0.3, -0.25) is 4.79 Å². The molecule has 4 rings (SSSR count). The van der Waals surface area contributed by atoms with Crippen molar-refractivity contribution in [3.63, 3.8) is 0 Å². The van der Waals surface area contributed by atoms with Gasteiger partial charge in [-0.1, -0.05) is 37.6 Å². The number of rotatable bonds is 9. The Morgan fingerprint density at radius 1 is 1.11 bits per heavy atom. The van der Waals surface area contributed by atoms with Gasteiger partial charge in [-0.15, -0.1) is 0 Å². The first-order chi connectivity index (χ1) is 17.0. The molecule has 1 saturated heterocycles. The second-order valence-electron chi connectivity index (χ2n) is 9.02. The number of hydrogen-bond donors (Lipinski definition) is 1. The number of likely N-dealkylation sites (N-methyl/N-ethyl adjacent to an activating group) is 1. The Bertz CT molecular complexity index is 1140. The van der Waals surface area contributed by atoms with Gasteiger partial charge in [-0.25, -0.2) is 4.39 Å². The molecule has 0 aromatic heterocycles. The van der Waals surface area contributed by atoms with Gasteiger partial charge >= 0.3 is 0 Å². The minimum atomic E-state index is -0.309. The van der Waals surface area contributed by atoms with Crippen LogP contribution in [0.4, 0.5) is 15.8 Å². The Morgan fingerprint density at radius 3 is 2.40 bits per heavy atom. The fourth-order valence-corrected chi connectivity index (χ4v) is 4.37. The van der Waals surface area contributed by atoms with Crippen molar-refractivity contribution in [2.45, 2.75) is 32.2 Å². The van der Waals surface area contributed by atoms with Crippen molar-refractivity contribution < 1.29 is 15.3 Å². The summed E-state index contributed by atoms with van der Waals surface area (Å²) >= 11 is 0. The zero-order chi connectivity index (χ0) is 24.8. The molecule has 1 heterocycles. The largest absolute Gasteiger partial charge is 0.494 e. The van der Waals surface area contributed by atoms with Crippen LogP contribution < -0.4 is 19.9 Å². The van der Waals surface area contributed by atoms with Gasteiger partial charge in [-0.2, -0.15) is 0 Å². The number of halogens is 1. The quantitative estimate of drug-likeness (QED) is 0.385. The summed E-state index contributed by atoms with van der Waals surface area (Å²) in [6, 6.07) is 20.9. The number of unbranched alkanes of at least 4 members (excludes halogenated alkanes) is 1. The topological polar surface area (TPSA) is 44.8 Å². The summed E-state index contributed by atoms with van der Waals surface area (Å²) < 4.78 is 20.6. The maximum absolute atomic E-state index is 14.9. The highest BCUT2D eigenvalue weighted by Crippen LogP contribution is 2.29. The van der Waals surface area contributed by atoms with E-state index in [0.29, 0.717) is 23.0 Å². The van der Waals surface area contributed by atoms with Gasteiger partial charge in [0, 0.05) is 38.9 Å². The highest BCUT2D eigenvalue weighted by molar-refractivity contribution is 6.06. The molecule has 6 heteroatoms. The van der Waals surface area contributed by atoms with E-state index in [4.69, 9.17) is 4.74 Å². The van der Waals surface area contributed by atoms with Gasteiger partial charge in [0.1, 0.15) is 11.6 Å². The molecule has 1 atom stereocenters. The van der Waals surface area contributed by atoms with Crippen LogP contribution in [0.1, 0.15) is 38.0 Å². The zero-order valence-electron chi connectivity index (χ0n) is 20.8. The van der Waals surface area contributed by atoms with E-state index in [9.17, 15) is 9.18 Å². The molecule has 0 aliphatic carbocycles. The Kier molecular flexibility index (Phi) is 8.03. The van der Waals surface area contributed by atoms with Gasteiger partial charge in [-0.05, 0) is 73.5 Å². The van der Waals surface area contributed by atoms with Crippen LogP contribution in [-0.4, -0.2) is 45.7 Å². The van der Waals surface area contributed by atoms with E-state index in [1.54, 1.807) is 13.1 Å². The van der Waals surface area contributed by atoms with Gasteiger partial charge in [0.15, 0.2) is 0 Å². The van der Waals surface area contributed by atoms with Crippen LogP contribution in [-0.2, 0) is 0 Å². The number of carbonyl (C=O) groups excluding carboxylic acids is 1. The standard InChI is InChI=1S/C29H34FN3O2.H2/c1-4-5-18-35-26-13-10-22(11-14-26)21-6-8-23(9-7-21)29(34)32(3)25-12-15-28(27(30)19-25)33-17-16-24(20-33)31-2;/h6-15,19,24,31H,4-5,16-18,20H2,1-3H3;1H. The third-order valence-electron chi connectivity index (χ3n) is 6.65. The molecule has 35 heavy (non-hydrogen) atoms. The lowest BCUT2D eigenvalue weighted by Crippen LogP contribution is -2.30. The molecule has 186 valence electrons. The molecular weight excluding hydrogens is 441 g/mol. The molecule has 0 saturated carbocycles. The Labute approximate surface area is 209 Å². The predicted molar refractivity (Wildman–Crippen MR) is 143 cm³/mol. The number of hydrogen-bond acceptors (Lipinski definition) is 4. The lowest BCUT2D eigenvalue weighted by atomic mass is 10.0. The fourth-order valence-electron chi connectivity index (χ4n) is 4.37. The second kappa shape index (κ2) is 11.4. The van der Waals surface area contributed by atoms with Crippen LogP contribution in [0.2, 0.25) is 0 Å². The monoisotopic (exact) mass is 477 g/mol. The number of ether oxygens (including phenoxy) is 1. The zero-order valence-corrected chi connectivity index (χ0v) is 20.8. The summed E-state index contributed by atoms with van der Waals surface area (Å²) in [4.78, 5) is 16.6. The van der Waals surface area contributed by atoms with Crippen molar-refractivity contribution in [3.05, 3.63) is 78.1 Å². The SMILES string of the molecule is CCCCOc1ccc(-c2ccc(C(=O)N(C)c3ccc(N4CCC(NC)C4)c(F)c3)cc2)cc1.[HH]. The Balaban J connectivity index is 0.00000361. The van der Waals surface area contributed by atoms with E-state index in [0.717, 1.165) is 55.8 Å². The summed E-state index contributed by atoms with van der Waals surface area (Å²) in [7, 11) is 3.61. The van der Waals surface area contributed by atoms with Gasteiger partial charge in [0.05, 0.1) is 12.3 Å². The highest BCUT2D eigenvalue weighted by Gasteiger charge is 2.24. The van der Waals surface area contributed by atoms with Gasteiger partial charge < -0.3 is 19.9 Å². The summed E-state index contributed by atoms with van der Waals surface area (Å²) in [5.74, 6) is 0.372. The molecule has 1 unspecified atom stereocenters. The van der Waals surface area contributed by atoms with E-state index < -0.39 is 0 Å². The molecule has 1 fully saturated rings. The van der Waals surface area contributed by atoms with Crippen LogP contribution >= 0.6 is 0 Å². The molecule has 1 amide bonds. The molecule has 1 aliphatic heterocycles. The minimum absolute atomic E-state index is 0. The van der Waals surface area contributed by atoms with Crippen LogP contribution in [0.3, 0.4) is 0 Å². The minimum Gasteiger partial charge on any atom is -0.494 e. The Hall–Kier alpha value is -3.38. The van der Waals surface area contributed by atoms with Crippen LogP contribution in [0.15, 0.2) is 66.7 Å².